The average molecular weight is 294 g/mol. The number of halogens is 1. The van der Waals surface area contributed by atoms with Crippen molar-refractivity contribution in [1.29, 1.82) is 0 Å². The molecule has 5 heteroatoms. The van der Waals surface area contributed by atoms with Gasteiger partial charge in [0.05, 0.1) is 17.7 Å². The van der Waals surface area contributed by atoms with Crippen LogP contribution in [-0.2, 0) is 4.79 Å². The van der Waals surface area contributed by atoms with Crippen LogP contribution in [0.5, 0.6) is 0 Å². The highest BCUT2D eigenvalue weighted by atomic mass is 19.1. The Morgan fingerprint density at radius 1 is 1.33 bits per heavy atom. The molecule has 1 aromatic rings. The van der Waals surface area contributed by atoms with Gasteiger partial charge in [0.2, 0.25) is 5.91 Å². The SMILES string of the molecule is CC(NC(=O)C1(N(C)C)CCC1)C(O)c1ccc(F)cc1. The highest BCUT2D eigenvalue weighted by Gasteiger charge is 2.46. The summed E-state index contributed by atoms with van der Waals surface area (Å²) in [5.41, 5.74) is 0.147. The number of rotatable bonds is 5. The molecule has 0 aliphatic heterocycles. The maximum atomic E-state index is 12.9. The van der Waals surface area contributed by atoms with Crippen LogP contribution in [0.4, 0.5) is 4.39 Å². The summed E-state index contributed by atoms with van der Waals surface area (Å²) in [4.78, 5) is 14.4. The van der Waals surface area contributed by atoms with Crippen molar-refractivity contribution in [3.8, 4) is 0 Å². The van der Waals surface area contributed by atoms with Crippen molar-refractivity contribution in [3.05, 3.63) is 35.6 Å². The number of carbonyl (C=O) groups is 1. The number of aliphatic hydroxyl groups excluding tert-OH is 1. The number of hydrogen-bond donors (Lipinski definition) is 2. The largest absolute Gasteiger partial charge is 0.386 e. The minimum atomic E-state index is -0.853. The number of nitrogens with zero attached hydrogens (tertiary/aromatic N) is 1. The van der Waals surface area contributed by atoms with Crippen molar-refractivity contribution in [2.24, 2.45) is 0 Å². The second-order valence-corrected chi connectivity index (χ2v) is 6.04. The summed E-state index contributed by atoms with van der Waals surface area (Å²) >= 11 is 0. The van der Waals surface area contributed by atoms with Gasteiger partial charge in [-0.05, 0) is 58.0 Å². The number of carbonyl (C=O) groups excluding carboxylic acids is 1. The van der Waals surface area contributed by atoms with Gasteiger partial charge in [0.25, 0.3) is 0 Å². The zero-order chi connectivity index (χ0) is 15.6. The first-order valence-corrected chi connectivity index (χ1v) is 7.29. The predicted octanol–water partition coefficient (Wildman–Crippen LogP) is 1.85. The molecule has 1 amide bonds. The Kier molecular flexibility index (Phi) is 4.64. The van der Waals surface area contributed by atoms with Crippen LogP contribution in [-0.4, -0.2) is 41.6 Å². The van der Waals surface area contributed by atoms with Gasteiger partial charge in [0.15, 0.2) is 0 Å². The molecule has 0 radical (unpaired) electrons. The number of nitrogens with one attached hydrogen (secondary N) is 1. The Labute approximate surface area is 125 Å². The van der Waals surface area contributed by atoms with Crippen LogP contribution in [0.15, 0.2) is 24.3 Å². The summed E-state index contributed by atoms with van der Waals surface area (Å²) in [5.74, 6) is -0.393. The van der Waals surface area contributed by atoms with Crippen molar-refractivity contribution < 1.29 is 14.3 Å². The summed E-state index contributed by atoms with van der Waals surface area (Å²) in [6.07, 6.45) is 1.87. The van der Waals surface area contributed by atoms with Crippen LogP contribution >= 0.6 is 0 Å². The Morgan fingerprint density at radius 3 is 2.33 bits per heavy atom. The second kappa shape index (κ2) is 6.12. The van der Waals surface area contributed by atoms with Gasteiger partial charge in [0.1, 0.15) is 5.82 Å². The van der Waals surface area contributed by atoms with Crippen LogP contribution in [0, 0.1) is 5.82 Å². The van der Waals surface area contributed by atoms with E-state index < -0.39 is 17.7 Å². The third-order valence-electron chi connectivity index (χ3n) is 4.50. The van der Waals surface area contributed by atoms with Gasteiger partial charge in [-0.25, -0.2) is 4.39 Å². The van der Waals surface area contributed by atoms with Gasteiger partial charge < -0.3 is 10.4 Å². The molecule has 2 unspecified atom stereocenters. The minimum Gasteiger partial charge on any atom is -0.386 e. The fourth-order valence-corrected chi connectivity index (χ4v) is 2.76. The monoisotopic (exact) mass is 294 g/mol. The molecule has 0 bridgehead atoms. The first-order valence-electron chi connectivity index (χ1n) is 7.29. The van der Waals surface area contributed by atoms with Crippen LogP contribution < -0.4 is 5.32 Å². The number of hydrogen-bond acceptors (Lipinski definition) is 3. The first-order chi connectivity index (χ1) is 9.86. The number of benzene rings is 1. The fraction of sp³-hybridized carbons (Fsp3) is 0.562. The minimum absolute atomic E-state index is 0.0487. The van der Waals surface area contributed by atoms with E-state index in [1.165, 1.54) is 24.3 Å². The highest BCUT2D eigenvalue weighted by Crippen LogP contribution is 2.36. The van der Waals surface area contributed by atoms with Crippen molar-refractivity contribution in [2.75, 3.05) is 14.1 Å². The molecule has 0 saturated heterocycles. The number of amides is 1. The molecule has 0 aromatic heterocycles. The molecule has 21 heavy (non-hydrogen) atoms. The lowest BCUT2D eigenvalue weighted by Crippen LogP contribution is -2.62. The molecule has 4 nitrogen and oxygen atoms in total. The van der Waals surface area contributed by atoms with Gasteiger partial charge in [-0.3, -0.25) is 9.69 Å². The summed E-state index contributed by atoms with van der Waals surface area (Å²) < 4.78 is 12.9. The third-order valence-corrected chi connectivity index (χ3v) is 4.50. The van der Waals surface area contributed by atoms with Gasteiger partial charge in [-0.15, -0.1) is 0 Å². The molecule has 1 saturated carbocycles. The van der Waals surface area contributed by atoms with Crippen molar-refractivity contribution in [1.82, 2.24) is 10.2 Å². The van der Waals surface area contributed by atoms with Gasteiger partial charge >= 0.3 is 0 Å². The quantitative estimate of drug-likeness (QED) is 0.871. The molecule has 1 aliphatic rings. The molecule has 2 rings (SSSR count). The molecule has 1 aliphatic carbocycles. The third kappa shape index (κ3) is 3.09. The lowest BCUT2D eigenvalue weighted by atomic mass is 9.74. The molecular weight excluding hydrogens is 271 g/mol. The molecule has 116 valence electrons. The standard InChI is InChI=1S/C16H23FN2O2/c1-11(14(20)12-5-7-13(17)8-6-12)18-15(21)16(19(2)3)9-4-10-16/h5-8,11,14,20H,4,9-10H2,1-3H3,(H,18,21). The van der Waals surface area contributed by atoms with Crippen LogP contribution in [0.3, 0.4) is 0 Å². The zero-order valence-corrected chi connectivity index (χ0v) is 12.8. The fourth-order valence-electron chi connectivity index (χ4n) is 2.76. The van der Waals surface area contributed by atoms with E-state index in [1.807, 2.05) is 19.0 Å². The van der Waals surface area contributed by atoms with E-state index in [0.717, 1.165) is 19.3 Å². The zero-order valence-electron chi connectivity index (χ0n) is 12.8. The van der Waals surface area contributed by atoms with E-state index in [-0.39, 0.29) is 11.7 Å². The van der Waals surface area contributed by atoms with E-state index in [2.05, 4.69) is 5.32 Å². The summed E-state index contributed by atoms with van der Waals surface area (Å²) in [6, 6.07) is 5.25. The smallest absolute Gasteiger partial charge is 0.240 e. The van der Waals surface area contributed by atoms with E-state index >= 15 is 0 Å². The van der Waals surface area contributed by atoms with Crippen LogP contribution in [0.1, 0.15) is 37.9 Å². The Morgan fingerprint density at radius 2 is 1.90 bits per heavy atom. The van der Waals surface area contributed by atoms with Gasteiger partial charge in [-0.2, -0.15) is 0 Å². The topological polar surface area (TPSA) is 52.6 Å². The summed E-state index contributed by atoms with van der Waals surface area (Å²) in [7, 11) is 3.81. The Hall–Kier alpha value is -1.46. The molecule has 2 atom stereocenters. The first kappa shape index (κ1) is 15.9. The van der Waals surface area contributed by atoms with E-state index in [1.54, 1.807) is 6.92 Å². The predicted molar refractivity (Wildman–Crippen MR) is 79.2 cm³/mol. The van der Waals surface area contributed by atoms with Crippen molar-refractivity contribution >= 4 is 5.91 Å². The van der Waals surface area contributed by atoms with Crippen LogP contribution in [0.2, 0.25) is 0 Å². The van der Waals surface area contributed by atoms with E-state index in [9.17, 15) is 14.3 Å². The Bertz CT molecular complexity index is 498. The molecule has 0 heterocycles. The maximum Gasteiger partial charge on any atom is 0.240 e. The van der Waals surface area contributed by atoms with Gasteiger partial charge in [-0.1, -0.05) is 12.1 Å². The maximum absolute atomic E-state index is 12.9. The summed E-state index contributed by atoms with van der Waals surface area (Å²) in [5, 5.41) is 13.2. The van der Waals surface area contributed by atoms with Crippen molar-refractivity contribution in [3.63, 3.8) is 0 Å². The molecule has 1 fully saturated rings. The van der Waals surface area contributed by atoms with E-state index in [0.29, 0.717) is 5.56 Å². The molecule has 1 aromatic carbocycles. The molecular formula is C16H23FN2O2. The second-order valence-electron chi connectivity index (χ2n) is 6.04. The van der Waals surface area contributed by atoms with Crippen molar-refractivity contribution in [2.45, 2.75) is 43.9 Å². The average Bonchev–Trinajstić information content (AvgIpc) is 2.36. The number of aliphatic hydroxyl groups is 1. The van der Waals surface area contributed by atoms with Crippen LogP contribution in [0.25, 0.3) is 0 Å². The highest BCUT2D eigenvalue weighted by molar-refractivity contribution is 5.87. The molecule has 0 spiro atoms. The molecule has 2 N–H and O–H groups in total. The lowest BCUT2D eigenvalue weighted by Gasteiger charge is -2.46. The normalized spacial score (nSPS) is 19.7. The van der Waals surface area contributed by atoms with Gasteiger partial charge in [0, 0.05) is 0 Å². The Balaban J connectivity index is 2.02. The summed E-state index contributed by atoms with van der Waals surface area (Å²) in [6.45, 7) is 1.76. The van der Waals surface area contributed by atoms with E-state index in [4.69, 9.17) is 0 Å². The lowest BCUT2D eigenvalue weighted by molar-refractivity contribution is -0.138. The number of likely N-dealkylation sites (N-methyl/N-ethyl adjacent to an activating group) is 1.